The van der Waals surface area contributed by atoms with Gasteiger partial charge >= 0.3 is 0 Å². The zero-order valence-electron chi connectivity index (χ0n) is 22.9. The number of carbonyl (C=O) groups is 1. The van der Waals surface area contributed by atoms with Crippen LogP contribution >= 0.6 is 0 Å². The number of hydrogen-bond donors (Lipinski definition) is 3. The summed E-state index contributed by atoms with van der Waals surface area (Å²) in [4.78, 5) is 11.9. The Morgan fingerprint density at radius 1 is 1.18 bits per heavy atom. The van der Waals surface area contributed by atoms with Gasteiger partial charge in [0.05, 0.1) is 17.8 Å². The Balaban J connectivity index is 1.62. The van der Waals surface area contributed by atoms with E-state index in [0.29, 0.717) is 6.42 Å². The van der Waals surface area contributed by atoms with Crippen molar-refractivity contribution in [1.82, 2.24) is 20.4 Å². The highest BCUT2D eigenvalue weighted by Crippen LogP contribution is 2.38. The van der Waals surface area contributed by atoms with Gasteiger partial charge in [-0.05, 0) is 65.5 Å². The molecule has 39 heavy (non-hydrogen) atoms. The molecule has 0 radical (unpaired) electrons. The summed E-state index contributed by atoms with van der Waals surface area (Å²) >= 11 is 0. The van der Waals surface area contributed by atoms with Crippen molar-refractivity contribution in [2.75, 3.05) is 13.2 Å². The number of benzene rings is 2. The molecular weight excluding hydrogens is 505 g/mol. The Kier molecular flexibility index (Phi) is 8.51. The SMILES string of the molecule is Cn1cc2c(n1)CCC(NCC(O)C(Cc1cc(F)cc(F)c1)NC(=O)CF)(c1cccc(C(C)(C)C)c1)C2. The fourth-order valence-electron chi connectivity index (χ4n) is 5.42. The van der Waals surface area contributed by atoms with Crippen LogP contribution in [0.4, 0.5) is 13.2 Å². The van der Waals surface area contributed by atoms with E-state index in [1.54, 1.807) is 0 Å². The van der Waals surface area contributed by atoms with Crippen molar-refractivity contribution >= 4 is 5.91 Å². The molecule has 210 valence electrons. The predicted molar refractivity (Wildman–Crippen MR) is 144 cm³/mol. The van der Waals surface area contributed by atoms with E-state index in [1.807, 2.05) is 24.0 Å². The summed E-state index contributed by atoms with van der Waals surface area (Å²) in [5.41, 5.74) is 4.08. The monoisotopic (exact) mass is 542 g/mol. The van der Waals surface area contributed by atoms with Gasteiger partial charge in [-0.25, -0.2) is 13.2 Å². The van der Waals surface area contributed by atoms with Crippen LogP contribution in [0, 0.1) is 11.6 Å². The first-order valence-corrected chi connectivity index (χ1v) is 13.2. The molecule has 9 heteroatoms. The number of aromatic nitrogens is 2. The summed E-state index contributed by atoms with van der Waals surface area (Å²) in [5, 5.41) is 21.9. The normalized spacial score (nSPS) is 18.9. The summed E-state index contributed by atoms with van der Waals surface area (Å²) in [7, 11) is 1.89. The molecule has 1 aliphatic rings. The number of fused-ring (bicyclic) bond motifs is 1. The lowest BCUT2D eigenvalue weighted by Gasteiger charge is -2.40. The molecule has 3 atom stereocenters. The van der Waals surface area contributed by atoms with Gasteiger partial charge in [0.1, 0.15) is 11.6 Å². The Hall–Kier alpha value is -3.17. The third kappa shape index (κ3) is 6.89. The van der Waals surface area contributed by atoms with Crippen LogP contribution in [0.3, 0.4) is 0 Å². The number of aliphatic hydroxyl groups excluding tert-OH is 1. The van der Waals surface area contributed by atoms with E-state index in [0.717, 1.165) is 47.9 Å². The van der Waals surface area contributed by atoms with Gasteiger partial charge in [0.25, 0.3) is 5.91 Å². The van der Waals surface area contributed by atoms with Crippen LogP contribution in [0.5, 0.6) is 0 Å². The van der Waals surface area contributed by atoms with Gasteiger partial charge in [0, 0.05) is 31.4 Å². The summed E-state index contributed by atoms with van der Waals surface area (Å²) in [5.74, 6) is -2.43. The molecule has 0 spiro atoms. The van der Waals surface area contributed by atoms with Gasteiger partial charge in [-0.15, -0.1) is 0 Å². The molecule has 2 aromatic carbocycles. The summed E-state index contributed by atoms with van der Waals surface area (Å²) in [6.45, 7) is 5.27. The molecule has 1 heterocycles. The molecule has 4 rings (SSSR count). The first-order chi connectivity index (χ1) is 18.4. The van der Waals surface area contributed by atoms with E-state index < -0.39 is 41.9 Å². The van der Waals surface area contributed by atoms with Crippen molar-refractivity contribution in [3.05, 3.63) is 88.2 Å². The van der Waals surface area contributed by atoms with Gasteiger partial charge in [-0.1, -0.05) is 45.0 Å². The zero-order valence-corrected chi connectivity index (χ0v) is 22.9. The quantitative estimate of drug-likeness (QED) is 0.382. The number of amides is 1. The molecule has 0 aliphatic heterocycles. The molecule has 1 amide bonds. The van der Waals surface area contributed by atoms with Gasteiger partial charge in [-0.3, -0.25) is 9.48 Å². The van der Waals surface area contributed by atoms with Crippen LogP contribution in [0.2, 0.25) is 0 Å². The Morgan fingerprint density at radius 2 is 1.90 bits per heavy atom. The number of carbonyl (C=O) groups excluding carboxylic acids is 1. The smallest absolute Gasteiger partial charge is 0.251 e. The molecule has 3 N–H and O–H groups in total. The van der Waals surface area contributed by atoms with Crippen molar-refractivity contribution in [2.24, 2.45) is 7.05 Å². The number of hydrogen-bond acceptors (Lipinski definition) is 4. The van der Waals surface area contributed by atoms with Gasteiger partial charge in [-0.2, -0.15) is 5.10 Å². The third-order valence-corrected chi connectivity index (χ3v) is 7.51. The number of rotatable bonds is 9. The van der Waals surface area contributed by atoms with Crippen molar-refractivity contribution in [3.8, 4) is 0 Å². The van der Waals surface area contributed by atoms with E-state index in [-0.39, 0.29) is 23.9 Å². The summed E-state index contributed by atoms with van der Waals surface area (Å²) in [6.07, 6.45) is 2.90. The molecule has 0 saturated carbocycles. The summed E-state index contributed by atoms with van der Waals surface area (Å²) in [6, 6.07) is 10.5. The number of nitrogens with one attached hydrogen (secondary N) is 2. The van der Waals surface area contributed by atoms with Gasteiger partial charge < -0.3 is 15.7 Å². The van der Waals surface area contributed by atoms with E-state index in [1.165, 1.54) is 5.56 Å². The number of halogens is 3. The first kappa shape index (κ1) is 28.8. The first-order valence-electron chi connectivity index (χ1n) is 13.2. The Labute approximate surface area is 227 Å². The summed E-state index contributed by atoms with van der Waals surface area (Å²) < 4.78 is 42.5. The number of nitrogens with zero attached hydrogens (tertiary/aromatic N) is 2. The van der Waals surface area contributed by atoms with Crippen molar-refractivity contribution in [1.29, 1.82) is 0 Å². The van der Waals surface area contributed by atoms with E-state index in [9.17, 15) is 23.1 Å². The lowest BCUT2D eigenvalue weighted by molar-refractivity contribution is -0.123. The predicted octanol–water partition coefficient (Wildman–Crippen LogP) is 4.03. The molecule has 6 nitrogen and oxygen atoms in total. The van der Waals surface area contributed by atoms with E-state index >= 15 is 0 Å². The van der Waals surface area contributed by atoms with Crippen molar-refractivity contribution < 1.29 is 23.1 Å². The maximum absolute atomic E-state index is 13.8. The van der Waals surface area contributed by atoms with Crippen molar-refractivity contribution in [3.63, 3.8) is 0 Å². The Bertz CT molecular complexity index is 1300. The minimum atomic E-state index is -1.26. The van der Waals surface area contributed by atoms with Crippen LogP contribution < -0.4 is 10.6 Å². The third-order valence-electron chi connectivity index (χ3n) is 7.51. The van der Waals surface area contributed by atoms with Crippen LogP contribution in [0.15, 0.2) is 48.7 Å². The number of aliphatic hydroxyl groups is 1. The maximum Gasteiger partial charge on any atom is 0.251 e. The zero-order chi connectivity index (χ0) is 28.4. The molecule has 0 fully saturated rings. The fourth-order valence-corrected chi connectivity index (χ4v) is 5.42. The Morgan fingerprint density at radius 3 is 2.56 bits per heavy atom. The second kappa shape index (κ2) is 11.5. The van der Waals surface area contributed by atoms with E-state index in [4.69, 9.17) is 0 Å². The van der Waals surface area contributed by atoms with Crippen LogP contribution in [0.1, 0.15) is 55.1 Å². The molecule has 1 aromatic heterocycles. The largest absolute Gasteiger partial charge is 0.390 e. The van der Waals surface area contributed by atoms with Crippen molar-refractivity contribution in [2.45, 2.75) is 69.6 Å². The molecule has 3 unspecified atom stereocenters. The van der Waals surface area contributed by atoms with Gasteiger partial charge in [0.15, 0.2) is 6.67 Å². The highest BCUT2D eigenvalue weighted by atomic mass is 19.1. The highest BCUT2D eigenvalue weighted by Gasteiger charge is 2.38. The van der Waals surface area contributed by atoms with Crippen LogP contribution in [0.25, 0.3) is 0 Å². The minimum absolute atomic E-state index is 0.0599. The second-order valence-electron chi connectivity index (χ2n) is 11.6. The fraction of sp³-hybridized carbons (Fsp3) is 0.467. The molecule has 0 bridgehead atoms. The molecular formula is C30H37F3N4O2. The lowest BCUT2D eigenvalue weighted by Crippen LogP contribution is -2.54. The average Bonchev–Trinajstić information content (AvgIpc) is 3.24. The highest BCUT2D eigenvalue weighted by molar-refractivity contribution is 5.77. The molecule has 3 aromatic rings. The van der Waals surface area contributed by atoms with Gasteiger partial charge in [0.2, 0.25) is 0 Å². The van der Waals surface area contributed by atoms with E-state index in [2.05, 4.69) is 54.7 Å². The molecule has 1 aliphatic carbocycles. The maximum atomic E-state index is 13.8. The minimum Gasteiger partial charge on any atom is -0.390 e. The molecule has 0 saturated heterocycles. The van der Waals surface area contributed by atoms with Crippen LogP contribution in [-0.4, -0.2) is 46.2 Å². The number of aryl methyl sites for hydroxylation is 2. The second-order valence-corrected chi connectivity index (χ2v) is 11.6. The average molecular weight is 543 g/mol. The number of alkyl halides is 1. The standard InChI is InChI=1S/C30H37F3N4O2/c1-29(2,3)21-6-5-7-22(13-21)30(9-8-25-20(15-30)18-37(4)36-25)34-17-27(38)26(35-28(39)16-31)12-19-10-23(32)14-24(33)11-19/h5-7,10-11,13-14,18,26-27,34,38H,8-9,12,15-17H2,1-4H3,(H,35,39). The lowest BCUT2D eigenvalue weighted by atomic mass is 9.74. The topological polar surface area (TPSA) is 79.2 Å². The van der Waals surface area contributed by atoms with Crippen LogP contribution in [-0.2, 0) is 42.1 Å².